The molecule has 6 nitrogen and oxygen atoms in total. The van der Waals surface area contributed by atoms with Crippen molar-refractivity contribution in [2.45, 2.75) is 13.5 Å². The van der Waals surface area contributed by atoms with Gasteiger partial charge in [-0.1, -0.05) is 23.2 Å². The fraction of sp³-hybridized carbons (Fsp3) is 0.235. The van der Waals surface area contributed by atoms with Crippen LogP contribution in [0, 0.1) is 6.92 Å². The van der Waals surface area contributed by atoms with Crippen LogP contribution in [0.15, 0.2) is 30.5 Å². The molecule has 0 bridgehead atoms. The van der Waals surface area contributed by atoms with Crippen LogP contribution in [0.1, 0.15) is 16.1 Å². The molecule has 1 N–H and O–H groups in total. The summed E-state index contributed by atoms with van der Waals surface area (Å²) < 4.78 is 6.80. The van der Waals surface area contributed by atoms with Gasteiger partial charge < -0.3 is 10.1 Å². The summed E-state index contributed by atoms with van der Waals surface area (Å²) in [7, 11) is 1.62. The second kappa shape index (κ2) is 7.39. The quantitative estimate of drug-likeness (QED) is 0.729. The Hall–Kier alpha value is -2.15. The minimum Gasteiger partial charge on any atom is -0.383 e. The van der Waals surface area contributed by atoms with E-state index in [1.54, 1.807) is 36.1 Å². The number of aryl methyl sites for hydroxylation is 1. The van der Waals surface area contributed by atoms with E-state index in [4.69, 9.17) is 27.9 Å². The molecule has 0 saturated heterocycles. The number of hydrogen-bond donors (Lipinski definition) is 1. The molecule has 25 heavy (non-hydrogen) atoms. The van der Waals surface area contributed by atoms with Gasteiger partial charge in [-0.3, -0.25) is 4.79 Å². The Balaban J connectivity index is 1.94. The number of pyridine rings is 1. The molecule has 8 heteroatoms. The number of rotatable bonds is 5. The van der Waals surface area contributed by atoms with Crippen molar-refractivity contribution in [3.63, 3.8) is 0 Å². The van der Waals surface area contributed by atoms with Crippen LogP contribution < -0.4 is 5.32 Å². The molecule has 130 valence electrons. The van der Waals surface area contributed by atoms with E-state index in [1.807, 2.05) is 6.92 Å². The lowest BCUT2D eigenvalue weighted by molar-refractivity contribution is 0.102. The number of amides is 1. The Labute approximate surface area is 154 Å². The first kappa shape index (κ1) is 17.7. The summed E-state index contributed by atoms with van der Waals surface area (Å²) in [5.74, 6) is -0.342. The summed E-state index contributed by atoms with van der Waals surface area (Å²) >= 11 is 12.3. The average molecular weight is 379 g/mol. The first-order valence-electron chi connectivity index (χ1n) is 7.58. The maximum absolute atomic E-state index is 12.5. The molecule has 0 aliphatic heterocycles. The first-order valence-corrected chi connectivity index (χ1v) is 8.34. The van der Waals surface area contributed by atoms with Crippen LogP contribution in [-0.2, 0) is 11.3 Å². The maximum Gasteiger partial charge on any atom is 0.258 e. The van der Waals surface area contributed by atoms with Crippen molar-refractivity contribution in [2.75, 3.05) is 19.0 Å². The lowest BCUT2D eigenvalue weighted by Gasteiger charge is -2.08. The topological polar surface area (TPSA) is 69.0 Å². The number of carbonyl (C=O) groups excluding carboxylic acids is 1. The Morgan fingerprint density at radius 2 is 2.00 bits per heavy atom. The summed E-state index contributed by atoms with van der Waals surface area (Å²) in [6.45, 7) is 2.90. The molecule has 0 radical (unpaired) electrons. The third kappa shape index (κ3) is 3.61. The van der Waals surface area contributed by atoms with Gasteiger partial charge in [-0.2, -0.15) is 5.10 Å². The maximum atomic E-state index is 12.5. The van der Waals surface area contributed by atoms with Gasteiger partial charge in [0.15, 0.2) is 5.65 Å². The Morgan fingerprint density at radius 1 is 1.28 bits per heavy atom. The summed E-state index contributed by atoms with van der Waals surface area (Å²) in [6, 6.07) is 6.83. The molecule has 1 amide bonds. The zero-order chi connectivity index (χ0) is 18.0. The van der Waals surface area contributed by atoms with Gasteiger partial charge in [0.2, 0.25) is 0 Å². The summed E-state index contributed by atoms with van der Waals surface area (Å²) in [6.07, 6.45) is 1.46. The van der Waals surface area contributed by atoms with Crippen LogP contribution in [0.5, 0.6) is 0 Å². The second-order valence-electron chi connectivity index (χ2n) is 5.45. The number of nitrogens with zero attached hydrogens (tertiary/aromatic N) is 3. The number of aromatic nitrogens is 3. The minimum atomic E-state index is -0.342. The zero-order valence-electron chi connectivity index (χ0n) is 13.7. The number of nitrogens with one attached hydrogen (secondary N) is 1. The largest absolute Gasteiger partial charge is 0.383 e. The highest BCUT2D eigenvalue weighted by atomic mass is 35.5. The number of fused-ring (bicyclic) bond motifs is 1. The zero-order valence-corrected chi connectivity index (χ0v) is 15.2. The summed E-state index contributed by atoms with van der Waals surface area (Å²) in [4.78, 5) is 16.9. The molecule has 3 aromatic rings. The molecular formula is C17H16Cl2N4O2. The number of methoxy groups -OCH3 is 1. The lowest BCUT2D eigenvalue weighted by atomic mass is 10.2. The van der Waals surface area contributed by atoms with Gasteiger partial charge in [-0.25, -0.2) is 9.67 Å². The van der Waals surface area contributed by atoms with Crippen LogP contribution in [0.2, 0.25) is 10.0 Å². The van der Waals surface area contributed by atoms with Gasteiger partial charge in [0.25, 0.3) is 5.91 Å². The van der Waals surface area contributed by atoms with Crippen molar-refractivity contribution in [3.05, 3.63) is 51.8 Å². The van der Waals surface area contributed by atoms with Gasteiger partial charge in [0.1, 0.15) is 0 Å². The van der Waals surface area contributed by atoms with E-state index in [0.717, 1.165) is 0 Å². The van der Waals surface area contributed by atoms with Crippen molar-refractivity contribution in [1.29, 1.82) is 0 Å². The number of hydrogen-bond acceptors (Lipinski definition) is 4. The SMILES string of the molecule is COCCn1nc(C)c2c(Cl)c(C(=O)Nc3ccc(Cl)cc3)cnc21. The molecule has 0 unspecified atom stereocenters. The molecule has 0 fully saturated rings. The third-order valence-corrected chi connectivity index (χ3v) is 4.37. The predicted molar refractivity (Wildman–Crippen MR) is 98.6 cm³/mol. The molecule has 0 saturated carbocycles. The van der Waals surface area contributed by atoms with E-state index in [2.05, 4.69) is 15.4 Å². The molecule has 0 spiro atoms. The highest BCUT2D eigenvalue weighted by Crippen LogP contribution is 2.29. The van der Waals surface area contributed by atoms with E-state index >= 15 is 0 Å². The third-order valence-electron chi connectivity index (χ3n) is 3.73. The van der Waals surface area contributed by atoms with Crippen molar-refractivity contribution in [2.24, 2.45) is 0 Å². The Morgan fingerprint density at radius 3 is 2.68 bits per heavy atom. The van der Waals surface area contributed by atoms with Crippen molar-refractivity contribution >= 4 is 45.8 Å². The van der Waals surface area contributed by atoms with Gasteiger partial charge >= 0.3 is 0 Å². The Kier molecular flexibility index (Phi) is 5.22. The Bertz CT molecular complexity index is 923. The van der Waals surface area contributed by atoms with E-state index in [9.17, 15) is 4.79 Å². The van der Waals surface area contributed by atoms with E-state index in [0.29, 0.717) is 51.2 Å². The van der Waals surface area contributed by atoms with Gasteiger partial charge in [0, 0.05) is 24.0 Å². The molecule has 2 aromatic heterocycles. The average Bonchev–Trinajstić information content (AvgIpc) is 2.92. The van der Waals surface area contributed by atoms with Crippen molar-refractivity contribution in [1.82, 2.24) is 14.8 Å². The fourth-order valence-electron chi connectivity index (χ4n) is 2.50. The number of ether oxygens (including phenoxy) is 1. The van der Waals surface area contributed by atoms with Gasteiger partial charge in [0.05, 0.1) is 34.8 Å². The van der Waals surface area contributed by atoms with Crippen LogP contribution >= 0.6 is 23.2 Å². The molecule has 2 heterocycles. The van der Waals surface area contributed by atoms with Gasteiger partial charge in [-0.05, 0) is 31.2 Å². The van der Waals surface area contributed by atoms with Crippen LogP contribution in [0.4, 0.5) is 5.69 Å². The van der Waals surface area contributed by atoms with Crippen LogP contribution in [0.25, 0.3) is 11.0 Å². The molecule has 0 aliphatic rings. The summed E-state index contributed by atoms with van der Waals surface area (Å²) in [5.41, 5.74) is 2.25. The van der Waals surface area contributed by atoms with E-state index in [1.165, 1.54) is 6.20 Å². The summed E-state index contributed by atoms with van der Waals surface area (Å²) in [5, 5.41) is 8.80. The fourth-order valence-corrected chi connectivity index (χ4v) is 2.98. The number of carbonyl (C=O) groups is 1. The van der Waals surface area contributed by atoms with Gasteiger partial charge in [-0.15, -0.1) is 0 Å². The number of benzene rings is 1. The molecule has 1 aromatic carbocycles. The lowest BCUT2D eigenvalue weighted by Crippen LogP contribution is -2.13. The predicted octanol–water partition coefficient (Wildman–Crippen LogP) is 3.95. The standard InChI is InChI=1S/C17H16Cl2N4O2/c1-10-14-15(19)13(9-20-16(14)23(22-10)7-8-25-2)17(24)21-12-5-3-11(18)4-6-12/h3-6,9H,7-8H2,1-2H3,(H,21,24). The number of halogens is 2. The van der Waals surface area contributed by atoms with Crippen molar-refractivity contribution < 1.29 is 9.53 Å². The molecule has 0 aliphatic carbocycles. The first-order chi connectivity index (χ1) is 12.0. The van der Waals surface area contributed by atoms with E-state index in [-0.39, 0.29) is 5.91 Å². The van der Waals surface area contributed by atoms with Crippen molar-refractivity contribution in [3.8, 4) is 0 Å². The number of anilines is 1. The molecule has 0 atom stereocenters. The van der Waals surface area contributed by atoms with Crippen LogP contribution in [0.3, 0.4) is 0 Å². The minimum absolute atomic E-state index is 0.290. The molecule has 3 rings (SSSR count). The highest BCUT2D eigenvalue weighted by molar-refractivity contribution is 6.39. The highest BCUT2D eigenvalue weighted by Gasteiger charge is 2.19. The normalized spacial score (nSPS) is 11.0. The van der Waals surface area contributed by atoms with E-state index < -0.39 is 0 Å². The monoisotopic (exact) mass is 378 g/mol. The van der Waals surface area contributed by atoms with Crippen LogP contribution in [-0.4, -0.2) is 34.4 Å². The second-order valence-corrected chi connectivity index (χ2v) is 6.26. The molecular weight excluding hydrogens is 363 g/mol. The smallest absolute Gasteiger partial charge is 0.258 e.